The summed E-state index contributed by atoms with van der Waals surface area (Å²) < 4.78 is 1.82. The van der Waals surface area contributed by atoms with E-state index in [0.29, 0.717) is 11.6 Å². The summed E-state index contributed by atoms with van der Waals surface area (Å²) in [7, 11) is 0. The number of hydrogen-bond donors (Lipinski definition) is 1. The van der Waals surface area contributed by atoms with E-state index in [4.69, 9.17) is 0 Å². The molecule has 1 saturated heterocycles. The maximum absolute atomic E-state index is 11.2. The highest BCUT2D eigenvalue weighted by atomic mass is 16.4. The van der Waals surface area contributed by atoms with Crippen LogP contribution in [0.15, 0.2) is 24.5 Å². The lowest BCUT2D eigenvalue weighted by Gasteiger charge is -2.30. The van der Waals surface area contributed by atoms with E-state index in [2.05, 4.69) is 16.8 Å². The standard InChI is InChI=1S/C16H21N3O2/c1-2-18-8-5-12(6-9-18)10-13-11-19-7-3-4-14(16(20)21)15(19)17-13/h3-4,7,11-12H,2,5-6,8-10H2,1H3,(H,20,21). The largest absolute Gasteiger partial charge is 0.478 e. The van der Waals surface area contributed by atoms with Crippen LogP contribution in [0.3, 0.4) is 0 Å². The van der Waals surface area contributed by atoms with Crippen molar-refractivity contribution < 1.29 is 9.90 Å². The summed E-state index contributed by atoms with van der Waals surface area (Å²) in [6, 6.07) is 3.36. The van der Waals surface area contributed by atoms with Crippen LogP contribution in [0.1, 0.15) is 35.8 Å². The van der Waals surface area contributed by atoms with E-state index >= 15 is 0 Å². The number of carbonyl (C=O) groups is 1. The predicted molar refractivity (Wildman–Crippen MR) is 80.7 cm³/mol. The SMILES string of the molecule is CCN1CCC(Cc2cn3cccc(C(=O)O)c3n2)CC1. The molecule has 3 heterocycles. The first-order valence-corrected chi connectivity index (χ1v) is 7.59. The minimum Gasteiger partial charge on any atom is -0.478 e. The second kappa shape index (κ2) is 5.85. The van der Waals surface area contributed by atoms with Crippen molar-refractivity contribution in [1.29, 1.82) is 0 Å². The summed E-state index contributed by atoms with van der Waals surface area (Å²) in [5.74, 6) is -0.264. The van der Waals surface area contributed by atoms with Gasteiger partial charge in [0.15, 0.2) is 5.65 Å². The van der Waals surface area contributed by atoms with Gasteiger partial charge in [-0.15, -0.1) is 0 Å². The molecule has 5 heteroatoms. The van der Waals surface area contributed by atoms with Gasteiger partial charge in [-0.3, -0.25) is 0 Å². The maximum atomic E-state index is 11.2. The first kappa shape index (κ1) is 14.1. The summed E-state index contributed by atoms with van der Waals surface area (Å²) in [6.07, 6.45) is 7.17. The molecule has 0 radical (unpaired) electrons. The fourth-order valence-corrected chi connectivity index (χ4v) is 3.13. The van der Waals surface area contributed by atoms with Crippen LogP contribution in [0, 0.1) is 5.92 Å². The molecule has 2 aromatic rings. The highest BCUT2D eigenvalue weighted by Crippen LogP contribution is 2.22. The number of likely N-dealkylation sites (tertiary alicyclic amines) is 1. The number of rotatable bonds is 4. The number of piperidine rings is 1. The molecule has 1 fully saturated rings. The average molecular weight is 287 g/mol. The summed E-state index contributed by atoms with van der Waals surface area (Å²) >= 11 is 0. The van der Waals surface area contributed by atoms with Gasteiger partial charge in [-0.1, -0.05) is 6.92 Å². The van der Waals surface area contributed by atoms with Crippen molar-refractivity contribution in [2.45, 2.75) is 26.2 Å². The predicted octanol–water partition coefficient (Wildman–Crippen LogP) is 2.31. The molecule has 112 valence electrons. The van der Waals surface area contributed by atoms with Crippen LogP contribution in [0.5, 0.6) is 0 Å². The third kappa shape index (κ3) is 2.93. The number of hydrogen-bond acceptors (Lipinski definition) is 3. The van der Waals surface area contributed by atoms with Gasteiger partial charge in [-0.25, -0.2) is 9.78 Å². The second-order valence-electron chi connectivity index (χ2n) is 5.77. The Kier molecular flexibility index (Phi) is 3.92. The van der Waals surface area contributed by atoms with Gasteiger partial charge in [-0.2, -0.15) is 0 Å². The van der Waals surface area contributed by atoms with Crippen molar-refractivity contribution in [3.8, 4) is 0 Å². The fourth-order valence-electron chi connectivity index (χ4n) is 3.13. The lowest BCUT2D eigenvalue weighted by atomic mass is 9.92. The zero-order chi connectivity index (χ0) is 14.8. The number of pyridine rings is 1. The Bertz CT molecular complexity index is 642. The molecule has 0 bridgehead atoms. The maximum Gasteiger partial charge on any atom is 0.339 e. The highest BCUT2D eigenvalue weighted by molar-refractivity contribution is 5.94. The number of carboxylic acid groups (broad SMARTS) is 1. The van der Waals surface area contributed by atoms with Gasteiger partial charge in [0, 0.05) is 12.4 Å². The van der Waals surface area contributed by atoms with E-state index in [-0.39, 0.29) is 5.56 Å². The molecule has 21 heavy (non-hydrogen) atoms. The molecule has 1 aliphatic heterocycles. The van der Waals surface area contributed by atoms with Gasteiger partial charge in [0.05, 0.1) is 5.69 Å². The molecule has 0 unspecified atom stereocenters. The first-order chi connectivity index (χ1) is 10.2. The Hall–Kier alpha value is -1.88. The summed E-state index contributed by atoms with van der Waals surface area (Å²) in [6.45, 7) is 5.66. The molecule has 1 N–H and O–H groups in total. The summed E-state index contributed by atoms with van der Waals surface area (Å²) in [5, 5.41) is 9.21. The minimum absolute atomic E-state index is 0.268. The number of carboxylic acids is 1. The van der Waals surface area contributed by atoms with E-state index in [1.807, 2.05) is 16.8 Å². The van der Waals surface area contributed by atoms with Crippen LogP contribution in [0.2, 0.25) is 0 Å². The summed E-state index contributed by atoms with van der Waals surface area (Å²) in [4.78, 5) is 18.2. The van der Waals surface area contributed by atoms with Gasteiger partial charge < -0.3 is 14.4 Å². The zero-order valence-corrected chi connectivity index (χ0v) is 12.3. The van der Waals surface area contributed by atoms with Crippen LogP contribution >= 0.6 is 0 Å². The van der Waals surface area contributed by atoms with Gasteiger partial charge >= 0.3 is 5.97 Å². The molecule has 0 spiro atoms. The Morgan fingerprint density at radius 1 is 1.43 bits per heavy atom. The lowest BCUT2D eigenvalue weighted by molar-refractivity contribution is 0.0698. The van der Waals surface area contributed by atoms with Crippen molar-refractivity contribution >= 4 is 11.6 Å². The van der Waals surface area contributed by atoms with Crippen molar-refractivity contribution in [3.63, 3.8) is 0 Å². The summed E-state index contributed by atoms with van der Waals surface area (Å²) in [5.41, 5.74) is 1.81. The molecule has 0 aliphatic carbocycles. The molecule has 0 saturated carbocycles. The van der Waals surface area contributed by atoms with Gasteiger partial charge in [0.2, 0.25) is 0 Å². The molecule has 0 aromatic carbocycles. The normalized spacial score (nSPS) is 17.4. The molecule has 0 amide bonds. The van der Waals surface area contributed by atoms with E-state index in [1.54, 1.807) is 12.1 Å². The minimum atomic E-state index is -0.922. The molecular formula is C16H21N3O2. The van der Waals surface area contributed by atoms with Crippen LogP contribution in [0.4, 0.5) is 0 Å². The first-order valence-electron chi connectivity index (χ1n) is 7.59. The average Bonchev–Trinajstić information content (AvgIpc) is 2.89. The third-order valence-electron chi connectivity index (χ3n) is 4.42. The highest BCUT2D eigenvalue weighted by Gasteiger charge is 2.20. The zero-order valence-electron chi connectivity index (χ0n) is 12.3. The van der Waals surface area contributed by atoms with Crippen molar-refractivity contribution in [2.75, 3.05) is 19.6 Å². The molecule has 0 atom stereocenters. The van der Waals surface area contributed by atoms with Gasteiger partial charge in [-0.05, 0) is 56.9 Å². The molecule has 3 rings (SSSR count). The van der Waals surface area contributed by atoms with Crippen LogP contribution in [-0.2, 0) is 6.42 Å². The van der Waals surface area contributed by atoms with E-state index in [0.717, 1.165) is 31.7 Å². The van der Waals surface area contributed by atoms with Crippen molar-refractivity contribution in [1.82, 2.24) is 14.3 Å². The Morgan fingerprint density at radius 2 is 2.19 bits per heavy atom. The number of aromatic carboxylic acids is 1. The smallest absolute Gasteiger partial charge is 0.339 e. The Labute approximate surface area is 124 Å². The molecule has 1 aliphatic rings. The number of imidazole rings is 1. The van der Waals surface area contributed by atoms with Gasteiger partial charge in [0.1, 0.15) is 5.56 Å². The Morgan fingerprint density at radius 3 is 2.86 bits per heavy atom. The molecular weight excluding hydrogens is 266 g/mol. The van der Waals surface area contributed by atoms with Crippen LogP contribution in [0.25, 0.3) is 5.65 Å². The Balaban J connectivity index is 1.76. The number of aromatic nitrogens is 2. The number of nitrogens with zero attached hydrogens (tertiary/aromatic N) is 3. The van der Waals surface area contributed by atoms with Crippen molar-refractivity contribution in [2.24, 2.45) is 5.92 Å². The third-order valence-corrected chi connectivity index (χ3v) is 4.42. The number of fused-ring (bicyclic) bond motifs is 1. The monoisotopic (exact) mass is 287 g/mol. The topological polar surface area (TPSA) is 57.8 Å². The van der Waals surface area contributed by atoms with E-state index < -0.39 is 5.97 Å². The van der Waals surface area contributed by atoms with Crippen LogP contribution < -0.4 is 0 Å². The van der Waals surface area contributed by atoms with E-state index in [9.17, 15) is 9.90 Å². The lowest BCUT2D eigenvalue weighted by Crippen LogP contribution is -2.34. The van der Waals surface area contributed by atoms with E-state index in [1.165, 1.54) is 12.8 Å². The van der Waals surface area contributed by atoms with Gasteiger partial charge in [0.25, 0.3) is 0 Å². The quantitative estimate of drug-likeness (QED) is 0.937. The van der Waals surface area contributed by atoms with Crippen molar-refractivity contribution in [3.05, 3.63) is 35.8 Å². The second-order valence-corrected chi connectivity index (χ2v) is 5.77. The molecule has 5 nitrogen and oxygen atoms in total. The molecule has 2 aromatic heterocycles. The fraction of sp³-hybridized carbons (Fsp3) is 0.500. The van der Waals surface area contributed by atoms with Crippen LogP contribution in [-0.4, -0.2) is 45.0 Å².